The van der Waals surface area contributed by atoms with Crippen molar-refractivity contribution in [1.82, 2.24) is 5.43 Å². The fourth-order valence-electron chi connectivity index (χ4n) is 2.29. The van der Waals surface area contributed by atoms with Crippen LogP contribution in [0.1, 0.15) is 33.9 Å². The average molecular weight is 264 g/mol. The monoisotopic (exact) mass is 264 g/mol. The van der Waals surface area contributed by atoms with E-state index in [1.807, 2.05) is 37.6 Å². The highest BCUT2D eigenvalue weighted by molar-refractivity contribution is 7.08. The van der Waals surface area contributed by atoms with Crippen molar-refractivity contribution in [3.8, 4) is 0 Å². The van der Waals surface area contributed by atoms with Crippen molar-refractivity contribution >= 4 is 11.3 Å². The molecule has 3 N–H and O–H groups in total. The van der Waals surface area contributed by atoms with Crippen LogP contribution in [-0.4, -0.2) is 0 Å². The van der Waals surface area contributed by atoms with E-state index in [9.17, 15) is 4.39 Å². The van der Waals surface area contributed by atoms with Crippen LogP contribution < -0.4 is 11.3 Å². The molecule has 1 unspecified atom stereocenters. The third-order valence-electron chi connectivity index (χ3n) is 3.14. The van der Waals surface area contributed by atoms with Crippen molar-refractivity contribution in [1.29, 1.82) is 0 Å². The third-order valence-corrected chi connectivity index (χ3v) is 4.02. The number of halogens is 1. The van der Waals surface area contributed by atoms with Crippen LogP contribution in [0.5, 0.6) is 0 Å². The second-order valence-corrected chi connectivity index (χ2v) is 5.33. The Labute approximate surface area is 111 Å². The number of nitrogens with two attached hydrogens (primary N) is 1. The Bertz CT molecular complexity index is 540. The lowest BCUT2D eigenvalue weighted by molar-refractivity contribution is 0.556. The van der Waals surface area contributed by atoms with Crippen molar-refractivity contribution < 1.29 is 4.39 Å². The van der Waals surface area contributed by atoms with Gasteiger partial charge in [-0.15, -0.1) is 0 Å². The molecular formula is C14H17FN2S. The van der Waals surface area contributed by atoms with E-state index in [-0.39, 0.29) is 11.9 Å². The van der Waals surface area contributed by atoms with E-state index in [1.165, 1.54) is 0 Å². The molecule has 0 radical (unpaired) electrons. The molecule has 2 rings (SSSR count). The first-order chi connectivity index (χ1) is 8.54. The van der Waals surface area contributed by atoms with Crippen LogP contribution in [-0.2, 0) is 0 Å². The third kappa shape index (κ3) is 2.32. The lowest BCUT2D eigenvalue weighted by atomic mass is 9.93. The summed E-state index contributed by atoms with van der Waals surface area (Å²) in [6.07, 6.45) is 0. The van der Waals surface area contributed by atoms with Gasteiger partial charge in [0.25, 0.3) is 0 Å². The van der Waals surface area contributed by atoms with Crippen LogP contribution in [0.4, 0.5) is 4.39 Å². The SMILES string of the molecule is Cc1cc(C)c(C(NN)c2cscc2C)c(F)c1. The van der Waals surface area contributed by atoms with E-state index in [4.69, 9.17) is 5.84 Å². The van der Waals surface area contributed by atoms with Gasteiger partial charge in [0, 0.05) is 5.56 Å². The number of thiophene rings is 1. The van der Waals surface area contributed by atoms with Gasteiger partial charge >= 0.3 is 0 Å². The van der Waals surface area contributed by atoms with Crippen LogP contribution in [0.2, 0.25) is 0 Å². The highest BCUT2D eigenvalue weighted by atomic mass is 32.1. The molecule has 0 aliphatic rings. The van der Waals surface area contributed by atoms with Gasteiger partial charge in [0.2, 0.25) is 0 Å². The van der Waals surface area contributed by atoms with Gasteiger partial charge in [-0.2, -0.15) is 11.3 Å². The van der Waals surface area contributed by atoms with Crippen molar-refractivity contribution in [3.05, 3.63) is 56.5 Å². The molecule has 96 valence electrons. The van der Waals surface area contributed by atoms with Gasteiger partial charge in [-0.05, 0) is 59.9 Å². The van der Waals surface area contributed by atoms with Crippen molar-refractivity contribution in [2.24, 2.45) is 5.84 Å². The largest absolute Gasteiger partial charge is 0.271 e. The molecule has 1 atom stereocenters. The molecule has 0 saturated heterocycles. The standard InChI is InChI=1S/C14H17FN2S/c1-8-4-9(2)13(12(15)5-8)14(17-16)11-7-18-6-10(11)3/h4-7,14,17H,16H2,1-3H3. The Hall–Kier alpha value is -1.23. The topological polar surface area (TPSA) is 38.0 Å². The van der Waals surface area contributed by atoms with Crippen LogP contribution >= 0.6 is 11.3 Å². The van der Waals surface area contributed by atoms with Gasteiger partial charge in [-0.1, -0.05) is 6.07 Å². The normalized spacial score (nSPS) is 12.7. The van der Waals surface area contributed by atoms with Gasteiger partial charge in [-0.3, -0.25) is 5.84 Å². The molecule has 1 aromatic carbocycles. The Balaban J connectivity index is 2.56. The fraction of sp³-hybridized carbons (Fsp3) is 0.286. The summed E-state index contributed by atoms with van der Waals surface area (Å²) in [5.74, 6) is 5.42. The summed E-state index contributed by atoms with van der Waals surface area (Å²) in [5.41, 5.74) is 7.36. The maximum atomic E-state index is 14.2. The Morgan fingerprint density at radius 1 is 1.17 bits per heavy atom. The summed E-state index contributed by atoms with van der Waals surface area (Å²) in [7, 11) is 0. The zero-order valence-corrected chi connectivity index (χ0v) is 11.6. The van der Waals surface area contributed by atoms with Crippen LogP contribution in [0, 0.1) is 26.6 Å². The molecule has 0 aliphatic heterocycles. The first-order valence-corrected chi connectivity index (χ1v) is 6.74. The van der Waals surface area contributed by atoms with E-state index in [0.29, 0.717) is 5.56 Å². The second-order valence-electron chi connectivity index (χ2n) is 4.59. The summed E-state index contributed by atoms with van der Waals surface area (Å²) in [6, 6.07) is 3.23. The minimum atomic E-state index is -0.295. The van der Waals surface area contributed by atoms with Crippen LogP contribution in [0.25, 0.3) is 0 Å². The fourth-order valence-corrected chi connectivity index (χ4v) is 3.16. The van der Waals surface area contributed by atoms with Gasteiger partial charge in [-0.25, -0.2) is 9.82 Å². The van der Waals surface area contributed by atoms with Gasteiger partial charge in [0.15, 0.2) is 0 Å². The van der Waals surface area contributed by atoms with Crippen LogP contribution in [0.15, 0.2) is 22.9 Å². The van der Waals surface area contributed by atoms with Crippen molar-refractivity contribution in [3.63, 3.8) is 0 Å². The molecule has 0 spiro atoms. The molecular weight excluding hydrogens is 247 g/mol. The number of aryl methyl sites for hydroxylation is 3. The van der Waals surface area contributed by atoms with Crippen molar-refractivity contribution in [2.45, 2.75) is 26.8 Å². The summed E-state index contributed by atoms with van der Waals surface area (Å²) in [5, 5.41) is 4.06. The molecule has 4 heteroatoms. The molecule has 2 aromatic rings. The number of hydrogen-bond acceptors (Lipinski definition) is 3. The van der Waals surface area contributed by atoms with Crippen LogP contribution in [0.3, 0.4) is 0 Å². The quantitative estimate of drug-likeness (QED) is 0.659. The number of rotatable bonds is 3. The first kappa shape index (κ1) is 13.2. The zero-order valence-electron chi connectivity index (χ0n) is 10.8. The molecule has 0 saturated carbocycles. The Morgan fingerprint density at radius 3 is 2.39 bits per heavy atom. The first-order valence-electron chi connectivity index (χ1n) is 5.80. The molecule has 1 heterocycles. The predicted octanol–water partition coefficient (Wildman–Crippen LogP) is 3.37. The molecule has 0 amide bonds. The zero-order chi connectivity index (χ0) is 13.3. The Morgan fingerprint density at radius 2 is 1.89 bits per heavy atom. The number of benzene rings is 1. The molecule has 18 heavy (non-hydrogen) atoms. The molecule has 1 aromatic heterocycles. The molecule has 0 bridgehead atoms. The van der Waals surface area contributed by atoms with E-state index in [0.717, 1.165) is 22.3 Å². The lowest BCUT2D eigenvalue weighted by Crippen LogP contribution is -2.30. The minimum absolute atomic E-state index is 0.207. The second kappa shape index (κ2) is 5.18. The maximum Gasteiger partial charge on any atom is 0.128 e. The summed E-state index contributed by atoms with van der Waals surface area (Å²) >= 11 is 1.60. The van der Waals surface area contributed by atoms with E-state index in [2.05, 4.69) is 5.43 Å². The van der Waals surface area contributed by atoms with E-state index < -0.39 is 0 Å². The number of nitrogens with one attached hydrogen (secondary N) is 1. The summed E-state index contributed by atoms with van der Waals surface area (Å²) in [4.78, 5) is 0. The van der Waals surface area contributed by atoms with Crippen molar-refractivity contribution in [2.75, 3.05) is 0 Å². The molecule has 0 aliphatic carbocycles. The number of hydrazine groups is 1. The number of hydrogen-bond donors (Lipinski definition) is 2. The molecule has 2 nitrogen and oxygen atoms in total. The summed E-state index contributed by atoms with van der Waals surface area (Å²) < 4.78 is 14.2. The maximum absolute atomic E-state index is 14.2. The predicted molar refractivity (Wildman–Crippen MR) is 74.1 cm³/mol. The van der Waals surface area contributed by atoms with Gasteiger partial charge in [0.1, 0.15) is 5.82 Å². The minimum Gasteiger partial charge on any atom is -0.271 e. The smallest absolute Gasteiger partial charge is 0.128 e. The lowest BCUT2D eigenvalue weighted by Gasteiger charge is -2.20. The van der Waals surface area contributed by atoms with E-state index >= 15 is 0 Å². The summed E-state index contributed by atoms with van der Waals surface area (Å²) in [6.45, 7) is 5.82. The van der Waals surface area contributed by atoms with Gasteiger partial charge in [0.05, 0.1) is 6.04 Å². The Kier molecular flexibility index (Phi) is 3.80. The highest BCUT2D eigenvalue weighted by Gasteiger charge is 2.21. The average Bonchev–Trinajstić information content (AvgIpc) is 2.69. The van der Waals surface area contributed by atoms with Gasteiger partial charge < -0.3 is 0 Å². The van der Waals surface area contributed by atoms with E-state index in [1.54, 1.807) is 17.4 Å². The highest BCUT2D eigenvalue weighted by Crippen LogP contribution is 2.31. The molecule has 0 fully saturated rings.